The Morgan fingerprint density at radius 1 is 1.16 bits per heavy atom. The van der Waals surface area contributed by atoms with Gasteiger partial charge in [-0.3, -0.25) is 19.3 Å². The standard InChI is InChI=1S/C16H15F3N2O3S/c17-16(18,19)11-4-1-10(2-5-11)3-6-13(22)20-7-12(8-20)21-14(23)9-25-15(21)24/h1-2,4-5,12H,3,6-9H2. The predicted octanol–water partition coefficient (Wildman–Crippen LogP) is 2.54. The number of thioether (sulfide) groups is 1. The molecule has 5 nitrogen and oxygen atoms in total. The zero-order chi connectivity index (χ0) is 18.2. The van der Waals surface area contributed by atoms with E-state index in [0.29, 0.717) is 25.1 Å². The molecular weight excluding hydrogens is 357 g/mol. The molecule has 0 aliphatic carbocycles. The zero-order valence-corrected chi connectivity index (χ0v) is 13.9. The number of carbonyl (C=O) groups excluding carboxylic acids is 3. The lowest BCUT2D eigenvalue weighted by atomic mass is 10.0. The average Bonchev–Trinajstić information content (AvgIpc) is 2.83. The molecule has 0 N–H and O–H groups in total. The van der Waals surface area contributed by atoms with Crippen LogP contribution in [0.2, 0.25) is 0 Å². The fraction of sp³-hybridized carbons (Fsp3) is 0.438. The van der Waals surface area contributed by atoms with Crippen molar-refractivity contribution in [3.05, 3.63) is 35.4 Å². The largest absolute Gasteiger partial charge is 0.416 e. The summed E-state index contributed by atoms with van der Waals surface area (Å²) in [6.45, 7) is 0.647. The summed E-state index contributed by atoms with van der Waals surface area (Å²) in [6, 6.07) is 4.48. The number of carbonyl (C=O) groups is 3. The van der Waals surface area contributed by atoms with Crippen LogP contribution in [0.25, 0.3) is 0 Å². The van der Waals surface area contributed by atoms with Crippen molar-refractivity contribution in [2.45, 2.75) is 25.1 Å². The third-order valence-corrected chi connectivity index (χ3v) is 5.11. The third-order valence-electron chi connectivity index (χ3n) is 4.27. The Bertz CT molecular complexity index is 684. The molecule has 3 amide bonds. The molecule has 0 spiro atoms. The van der Waals surface area contributed by atoms with Crippen molar-refractivity contribution in [1.82, 2.24) is 9.80 Å². The van der Waals surface area contributed by atoms with E-state index in [2.05, 4.69) is 0 Å². The number of likely N-dealkylation sites (tertiary alicyclic amines) is 1. The minimum Gasteiger partial charge on any atom is -0.338 e. The van der Waals surface area contributed by atoms with Crippen LogP contribution in [-0.4, -0.2) is 51.7 Å². The fourth-order valence-corrected chi connectivity index (χ4v) is 3.59. The highest BCUT2D eigenvalue weighted by atomic mass is 32.2. The number of nitrogens with zero attached hydrogens (tertiary/aromatic N) is 2. The molecule has 1 aromatic rings. The van der Waals surface area contributed by atoms with Crippen LogP contribution >= 0.6 is 11.8 Å². The maximum Gasteiger partial charge on any atom is 0.416 e. The number of hydrogen-bond donors (Lipinski definition) is 0. The van der Waals surface area contributed by atoms with E-state index in [1.807, 2.05) is 0 Å². The molecule has 2 saturated heterocycles. The molecule has 3 rings (SSSR count). The summed E-state index contributed by atoms with van der Waals surface area (Å²) in [6.07, 6.45) is -3.85. The van der Waals surface area contributed by atoms with Crippen LogP contribution in [0.5, 0.6) is 0 Å². The summed E-state index contributed by atoms with van der Waals surface area (Å²) in [5, 5.41) is -0.271. The molecular formula is C16H15F3N2O3S. The van der Waals surface area contributed by atoms with E-state index in [1.54, 1.807) is 4.90 Å². The summed E-state index contributed by atoms with van der Waals surface area (Å²) in [7, 11) is 0. The quantitative estimate of drug-likeness (QED) is 0.815. The molecule has 2 aliphatic rings. The summed E-state index contributed by atoms with van der Waals surface area (Å²) < 4.78 is 37.5. The molecule has 0 atom stereocenters. The van der Waals surface area contributed by atoms with Crippen LogP contribution < -0.4 is 0 Å². The molecule has 2 aliphatic heterocycles. The van der Waals surface area contributed by atoms with Crippen molar-refractivity contribution in [2.24, 2.45) is 0 Å². The first-order chi connectivity index (χ1) is 11.8. The smallest absolute Gasteiger partial charge is 0.338 e. The highest BCUT2D eigenvalue weighted by Crippen LogP contribution is 2.29. The Labute approximate surface area is 146 Å². The van der Waals surface area contributed by atoms with Crippen molar-refractivity contribution in [2.75, 3.05) is 18.8 Å². The molecule has 0 unspecified atom stereocenters. The van der Waals surface area contributed by atoms with E-state index >= 15 is 0 Å². The number of alkyl halides is 3. The van der Waals surface area contributed by atoms with Gasteiger partial charge in [0, 0.05) is 19.5 Å². The molecule has 2 fully saturated rings. The minimum atomic E-state index is -4.37. The van der Waals surface area contributed by atoms with E-state index in [0.717, 1.165) is 23.9 Å². The second kappa shape index (κ2) is 6.70. The van der Waals surface area contributed by atoms with Crippen LogP contribution in [0.1, 0.15) is 17.5 Å². The fourth-order valence-electron chi connectivity index (χ4n) is 2.81. The zero-order valence-electron chi connectivity index (χ0n) is 13.1. The van der Waals surface area contributed by atoms with E-state index in [4.69, 9.17) is 0 Å². The van der Waals surface area contributed by atoms with E-state index in [1.165, 1.54) is 17.0 Å². The van der Waals surface area contributed by atoms with Crippen LogP contribution in [0.15, 0.2) is 24.3 Å². The van der Waals surface area contributed by atoms with Crippen LogP contribution in [0.3, 0.4) is 0 Å². The van der Waals surface area contributed by atoms with Gasteiger partial charge in [-0.15, -0.1) is 0 Å². The van der Waals surface area contributed by atoms with Gasteiger partial charge < -0.3 is 4.90 Å². The molecule has 0 bridgehead atoms. The molecule has 25 heavy (non-hydrogen) atoms. The van der Waals surface area contributed by atoms with Crippen molar-refractivity contribution in [3.63, 3.8) is 0 Å². The van der Waals surface area contributed by atoms with Gasteiger partial charge in [0.05, 0.1) is 17.4 Å². The van der Waals surface area contributed by atoms with Crippen molar-refractivity contribution < 1.29 is 27.6 Å². The molecule has 0 aromatic heterocycles. The summed E-state index contributed by atoms with van der Waals surface area (Å²) in [5.41, 5.74) is -0.0642. The molecule has 2 heterocycles. The topological polar surface area (TPSA) is 57.7 Å². The van der Waals surface area contributed by atoms with Crippen molar-refractivity contribution in [1.29, 1.82) is 0 Å². The highest BCUT2D eigenvalue weighted by Gasteiger charge is 2.43. The first kappa shape index (κ1) is 17.8. The van der Waals surface area contributed by atoms with Gasteiger partial charge in [-0.25, -0.2) is 0 Å². The van der Waals surface area contributed by atoms with Gasteiger partial charge in [0.1, 0.15) is 0 Å². The lowest BCUT2D eigenvalue weighted by Gasteiger charge is -2.42. The first-order valence-electron chi connectivity index (χ1n) is 7.68. The first-order valence-corrected chi connectivity index (χ1v) is 8.67. The molecule has 9 heteroatoms. The molecule has 0 radical (unpaired) electrons. The monoisotopic (exact) mass is 372 g/mol. The predicted molar refractivity (Wildman–Crippen MR) is 84.8 cm³/mol. The second-order valence-electron chi connectivity index (χ2n) is 5.97. The van der Waals surface area contributed by atoms with Gasteiger partial charge in [0.25, 0.3) is 5.24 Å². The Kier molecular flexibility index (Phi) is 4.77. The van der Waals surface area contributed by atoms with Gasteiger partial charge in [-0.2, -0.15) is 13.2 Å². The molecule has 1 aromatic carbocycles. The lowest BCUT2D eigenvalue weighted by Crippen LogP contribution is -2.62. The van der Waals surface area contributed by atoms with Gasteiger partial charge in [0.2, 0.25) is 11.8 Å². The lowest BCUT2D eigenvalue weighted by molar-refractivity contribution is -0.142. The van der Waals surface area contributed by atoms with Crippen molar-refractivity contribution >= 4 is 28.8 Å². The summed E-state index contributed by atoms with van der Waals surface area (Å²) in [5.74, 6) is -0.211. The average molecular weight is 372 g/mol. The summed E-state index contributed by atoms with van der Waals surface area (Å²) >= 11 is 0.965. The summed E-state index contributed by atoms with van der Waals surface area (Å²) in [4.78, 5) is 38.1. The number of imide groups is 1. The number of hydrogen-bond acceptors (Lipinski definition) is 4. The number of benzene rings is 1. The van der Waals surface area contributed by atoms with Gasteiger partial charge in [-0.05, 0) is 24.1 Å². The maximum absolute atomic E-state index is 12.5. The number of amides is 3. The minimum absolute atomic E-state index is 0.136. The second-order valence-corrected chi connectivity index (χ2v) is 6.89. The number of halogens is 3. The van der Waals surface area contributed by atoms with E-state index < -0.39 is 11.7 Å². The Morgan fingerprint density at radius 2 is 1.80 bits per heavy atom. The van der Waals surface area contributed by atoms with Crippen LogP contribution in [-0.2, 0) is 22.2 Å². The van der Waals surface area contributed by atoms with Gasteiger partial charge >= 0.3 is 6.18 Å². The number of aryl methyl sites for hydroxylation is 1. The normalized spacial score (nSPS) is 18.7. The SMILES string of the molecule is O=C(CCc1ccc(C(F)(F)F)cc1)N1CC(N2C(=O)CSC2=O)C1. The Morgan fingerprint density at radius 3 is 2.32 bits per heavy atom. The maximum atomic E-state index is 12.5. The Hall–Kier alpha value is -2.03. The van der Waals surface area contributed by atoms with Crippen LogP contribution in [0, 0.1) is 0 Å². The van der Waals surface area contributed by atoms with Crippen molar-refractivity contribution in [3.8, 4) is 0 Å². The van der Waals surface area contributed by atoms with Gasteiger partial charge in [0.15, 0.2) is 0 Å². The van der Waals surface area contributed by atoms with E-state index in [9.17, 15) is 27.6 Å². The van der Waals surface area contributed by atoms with E-state index in [-0.39, 0.29) is 35.3 Å². The Balaban J connectivity index is 1.46. The van der Waals surface area contributed by atoms with Crippen LogP contribution in [0.4, 0.5) is 18.0 Å². The molecule has 134 valence electrons. The van der Waals surface area contributed by atoms with Gasteiger partial charge in [-0.1, -0.05) is 23.9 Å². The molecule has 0 saturated carbocycles. The number of rotatable bonds is 4. The third kappa shape index (κ3) is 3.81. The highest BCUT2D eigenvalue weighted by molar-refractivity contribution is 8.14.